The van der Waals surface area contributed by atoms with Gasteiger partial charge in [0.15, 0.2) is 0 Å². The van der Waals surface area contributed by atoms with Gasteiger partial charge in [0, 0.05) is 4.70 Å². The van der Waals surface area contributed by atoms with Gasteiger partial charge in [0.2, 0.25) is 0 Å². The third-order valence-corrected chi connectivity index (χ3v) is 3.64. The van der Waals surface area contributed by atoms with Crippen molar-refractivity contribution in [1.29, 1.82) is 0 Å². The van der Waals surface area contributed by atoms with Gasteiger partial charge in [-0.25, -0.2) is 0 Å². The molecule has 1 atom stereocenters. The molecule has 13 heavy (non-hydrogen) atoms. The number of hydrogen-bond donors (Lipinski definition) is 0. The minimum absolute atomic E-state index is 0.691. The molecule has 0 radical (unpaired) electrons. The Morgan fingerprint density at radius 3 is 2.85 bits per heavy atom. The molecule has 0 amide bonds. The third-order valence-electron chi connectivity index (χ3n) is 2.65. The Morgan fingerprint density at radius 2 is 2.08 bits per heavy atom. The Bertz CT molecular complexity index is 400. The van der Waals surface area contributed by atoms with Crippen molar-refractivity contribution in [3.05, 3.63) is 35.2 Å². The molecular formula is C12H14S. The number of benzene rings is 1. The Hall–Kier alpha value is -0.820. The third kappa shape index (κ3) is 1.49. The molecule has 0 spiro atoms. The molecular weight excluding hydrogens is 176 g/mol. The summed E-state index contributed by atoms with van der Waals surface area (Å²) in [6.45, 7) is 4.55. The predicted molar refractivity (Wildman–Crippen MR) is 60.5 cm³/mol. The number of hydrogen-bond acceptors (Lipinski definition) is 1. The first-order valence-electron chi connectivity index (χ1n) is 4.79. The van der Waals surface area contributed by atoms with Crippen molar-refractivity contribution in [2.45, 2.75) is 26.2 Å². The SMILES string of the molecule is CC[C@@H](C)c1csc2ccccc12. The summed E-state index contributed by atoms with van der Waals surface area (Å²) in [5.74, 6) is 0.691. The van der Waals surface area contributed by atoms with Crippen molar-refractivity contribution in [2.24, 2.45) is 0 Å². The van der Waals surface area contributed by atoms with Crippen LogP contribution in [0, 0.1) is 0 Å². The van der Waals surface area contributed by atoms with Gasteiger partial charge in [-0.2, -0.15) is 0 Å². The van der Waals surface area contributed by atoms with E-state index in [1.54, 1.807) is 0 Å². The lowest BCUT2D eigenvalue weighted by atomic mass is 9.98. The van der Waals surface area contributed by atoms with Gasteiger partial charge < -0.3 is 0 Å². The molecule has 1 heteroatoms. The molecule has 68 valence electrons. The summed E-state index contributed by atoms with van der Waals surface area (Å²) in [5, 5.41) is 3.75. The highest BCUT2D eigenvalue weighted by Gasteiger charge is 2.08. The summed E-state index contributed by atoms with van der Waals surface area (Å²) in [6.07, 6.45) is 1.22. The molecule has 0 bridgehead atoms. The molecule has 0 aliphatic heterocycles. The first kappa shape index (κ1) is 8.76. The van der Waals surface area contributed by atoms with Crippen molar-refractivity contribution in [3.8, 4) is 0 Å². The van der Waals surface area contributed by atoms with Crippen LogP contribution in [0.15, 0.2) is 29.6 Å². The topological polar surface area (TPSA) is 0 Å². The molecule has 0 saturated carbocycles. The zero-order valence-corrected chi connectivity index (χ0v) is 8.90. The second-order valence-electron chi connectivity index (χ2n) is 3.50. The Morgan fingerprint density at radius 1 is 1.31 bits per heavy atom. The maximum atomic E-state index is 2.30. The molecule has 1 heterocycles. The highest BCUT2D eigenvalue weighted by Crippen LogP contribution is 2.32. The summed E-state index contributed by atoms with van der Waals surface area (Å²) in [5.41, 5.74) is 1.52. The van der Waals surface area contributed by atoms with E-state index in [4.69, 9.17) is 0 Å². The van der Waals surface area contributed by atoms with E-state index in [0.717, 1.165) is 0 Å². The molecule has 2 rings (SSSR count). The van der Waals surface area contributed by atoms with Crippen LogP contribution in [0.3, 0.4) is 0 Å². The van der Waals surface area contributed by atoms with E-state index in [1.807, 2.05) is 11.3 Å². The molecule has 0 aliphatic carbocycles. The Kier molecular flexibility index (Phi) is 2.36. The Balaban J connectivity index is 2.57. The molecule has 0 N–H and O–H groups in total. The summed E-state index contributed by atoms with van der Waals surface area (Å²) >= 11 is 1.86. The average molecular weight is 190 g/mol. The zero-order valence-electron chi connectivity index (χ0n) is 8.08. The lowest BCUT2D eigenvalue weighted by molar-refractivity contribution is 0.742. The second-order valence-corrected chi connectivity index (χ2v) is 4.41. The van der Waals surface area contributed by atoms with E-state index < -0.39 is 0 Å². The van der Waals surface area contributed by atoms with Gasteiger partial charge in [0.05, 0.1) is 0 Å². The van der Waals surface area contributed by atoms with Gasteiger partial charge in [-0.15, -0.1) is 11.3 Å². The van der Waals surface area contributed by atoms with E-state index in [9.17, 15) is 0 Å². The zero-order chi connectivity index (χ0) is 9.26. The van der Waals surface area contributed by atoms with E-state index in [-0.39, 0.29) is 0 Å². The van der Waals surface area contributed by atoms with E-state index in [1.165, 1.54) is 22.1 Å². The van der Waals surface area contributed by atoms with Crippen molar-refractivity contribution in [2.75, 3.05) is 0 Å². The molecule has 0 nitrogen and oxygen atoms in total. The van der Waals surface area contributed by atoms with Crippen LogP contribution in [0.25, 0.3) is 10.1 Å². The van der Waals surface area contributed by atoms with Crippen molar-refractivity contribution in [1.82, 2.24) is 0 Å². The van der Waals surface area contributed by atoms with E-state index in [0.29, 0.717) is 5.92 Å². The smallest absolute Gasteiger partial charge is 0.0345 e. The fourth-order valence-electron chi connectivity index (χ4n) is 1.60. The lowest BCUT2D eigenvalue weighted by Crippen LogP contribution is -1.87. The summed E-state index contributed by atoms with van der Waals surface area (Å²) in [6, 6.07) is 8.67. The van der Waals surface area contributed by atoms with Crippen LogP contribution in [-0.2, 0) is 0 Å². The fraction of sp³-hybridized carbons (Fsp3) is 0.333. The minimum atomic E-state index is 0.691. The van der Waals surface area contributed by atoms with Crippen LogP contribution in [0.5, 0.6) is 0 Å². The van der Waals surface area contributed by atoms with Crippen molar-refractivity contribution in [3.63, 3.8) is 0 Å². The minimum Gasteiger partial charge on any atom is -0.144 e. The maximum Gasteiger partial charge on any atom is 0.0345 e. The van der Waals surface area contributed by atoms with Crippen LogP contribution in [-0.4, -0.2) is 0 Å². The maximum absolute atomic E-state index is 2.30. The summed E-state index contributed by atoms with van der Waals surface area (Å²) in [7, 11) is 0. The number of fused-ring (bicyclic) bond motifs is 1. The van der Waals surface area contributed by atoms with Gasteiger partial charge in [-0.05, 0) is 34.7 Å². The normalized spacial score (nSPS) is 13.4. The van der Waals surface area contributed by atoms with Crippen molar-refractivity contribution >= 4 is 21.4 Å². The Labute approximate surface area is 83.2 Å². The average Bonchev–Trinajstić information content (AvgIpc) is 2.60. The fourth-order valence-corrected chi connectivity index (χ4v) is 2.68. The highest BCUT2D eigenvalue weighted by molar-refractivity contribution is 7.17. The lowest BCUT2D eigenvalue weighted by Gasteiger charge is -2.06. The number of rotatable bonds is 2. The molecule has 1 aromatic carbocycles. The second kappa shape index (κ2) is 3.51. The van der Waals surface area contributed by atoms with Crippen LogP contribution < -0.4 is 0 Å². The van der Waals surface area contributed by atoms with Gasteiger partial charge >= 0.3 is 0 Å². The number of thiophene rings is 1. The van der Waals surface area contributed by atoms with Crippen LogP contribution in [0.1, 0.15) is 31.7 Å². The monoisotopic (exact) mass is 190 g/mol. The van der Waals surface area contributed by atoms with E-state index in [2.05, 4.69) is 43.5 Å². The van der Waals surface area contributed by atoms with Gasteiger partial charge in [0.25, 0.3) is 0 Å². The van der Waals surface area contributed by atoms with Crippen LogP contribution >= 0.6 is 11.3 Å². The van der Waals surface area contributed by atoms with E-state index >= 15 is 0 Å². The quantitative estimate of drug-likeness (QED) is 0.657. The molecule has 1 aromatic heterocycles. The first-order chi connectivity index (χ1) is 6.33. The predicted octanol–water partition coefficient (Wildman–Crippen LogP) is 4.41. The van der Waals surface area contributed by atoms with Gasteiger partial charge in [-0.3, -0.25) is 0 Å². The molecule has 0 saturated heterocycles. The van der Waals surface area contributed by atoms with Crippen molar-refractivity contribution < 1.29 is 0 Å². The largest absolute Gasteiger partial charge is 0.144 e. The summed E-state index contributed by atoms with van der Waals surface area (Å²) < 4.78 is 1.41. The first-order valence-corrected chi connectivity index (χ1v) is 5.67. The molecule has 0 fully saturated rings. The van der Waals surface area contributed by atoms with Gasteiger partial charge in [0.1, 0.15) is 0 Å². The van der Waals surface area contributed by atoms with Crippen LogP contribution in [0.4, 0.5) is 0 Å². The summed E-state index contributed by atoms with van der Waals surface area (Å²) in [4.78, 5) is 0. The molecule has 2 aromatic rings. The van der Waals surface area contributed by atoms with Gasteiger partial charge in [-0.1, -0.05) is 32.0 Å². The molecule has 0 unspecified atom stereocenters. The standard InChI is InChI=1S/C12H14S/c1-3-9(2)11-8-13-12-7-5-4-6-10(11)12/h4-9H,3H2,1-2H3/t9-/m1/s1. The highest BCUT2D eigenvalue weighted by atomic mass is 32.1. The van der Waals surface area contributed by atoms with Crippen LogP contribution in [0.2, 0.25) is 0 Å². The molecule has 0 aliphatic rings.